The van der Waals surface area contributed by atoms with Crippen LogP contribution in [0.4, 0.5) is 4.39 Å². The average Bonchev–Trinajstić information content (AvgIpc) is 2.25. The average molecular weight is 207 g/mol. The van der Waals surface area contributed by atoms with Crippen LogP contribution in [-0.4, -0.2) is 6.54 Å². The first kappa shape index (κ1) is 11.9. The van der Waals surface area contributed by atoms with Gasteiger partial charge in [-0.2, -0.15) is 0 Å². The summed E-state index contributed by atoms with van der Waals surface area (Å²) in [5.41, 5.74) is 0.728. The molecule has 1 rings (SSSR count). The zero-order valence-corrected chi connectivity index (χ0v) is 9.17. The van der Waals surface area contributed by atoms with Gasteiger partial charge in [0, 0.05) is 11.6 Å². The quantitative estimate of drug-likeness (QED) is 0.704. The van der Waals surface area contributed by atoms with Crippen molar-refractivity contribution < 1.29 is 4.39 Å². The lowest BCUT2D eigenvalue weighted by Crippen LogP contribution is -2.22. The zero-order valence-electron chi connectivity index (χ0n) is 9.17. The van der Waals surface area contributed by atoms with Crippen LogP contribution >= 0.6 is 0 Å². The van der Waals surface area contributed by atoms with Crippen molar-refractivity contribution in [2.24, 2.45) is 0 Å². The number of benzene rings is 1. The van der Waals surface area contributed by atoms with Gasteiger partial charge in [-0.05, 0) is 25.5 Å². The Morgan fingerprint density at radius 1 is 1.47 bits per heavy atom. The molecule has 2 heteroatoms. The summed E-state index contributed by atoms with van der Waals surface area (Å²) in [7, 11) is 0. The van der Waals surface area contributed by atoms with Gasteiger partial charge in [-0.1, -0.05) is 31.2 Å². The third-order valence-corrected chi connectivity index (χ3v) is 2.32. The summed E-state index contributed by atoms with van der Waals surface area (Å²) in [6, 6.07) is 6.94. The first-order valence-electron chi connectivity index (χ1n) is 5.38. The van der Waals surface area contributed by atoms with Crippen LogP contribution in [-0.2, 0) is 0 Å². The summed E-state index contributed by atoms with van der Waals surface area (Å²) in [6.45, 7) is 6.69. The highest BCUT2D eigenvalue weighted by molar-refractivity contribution is 5.21. The molecule has 1 unspecified atom stereocenters. The van der Waals surface area contributed by atoms with E-state index in [1.807, 2.05) is 18.2 Å². The molecule has 0 radical (unpaired) electrons. The van der Waals surface area contributed by atoms with Gasteiger partial charge in [0.1, 0.15) is 5.82 Å². The molecule has 0 amide bonds. The summed E-state index contributed by atoms with van der Waals surface area (Å²) in [4.78, 5) is 0. The molecule has 0 aromatic heterocycles. The van der Waals surface area contributed by atoms with Gasteiger partial charge in [-0.25, -0.2) is 4.39 Å². The minimum atomic E-state index is -0.145. The maximum Gasteiger partial charge on any atom is 0.127 e. The predicted octanol–water partition coefficient (Wildman–Crippen LogP) is 3.44. The van der Waals surface area contributed by atoms with Crippen molar-refractivity contribution in [3.05, 3.63) is 48.3 Å². The Kier molecular flexibility index (Phi) is 5.05. The molecular weight excluding hydrogens is 189 g/mol. The fraction of sp³-hybridized carbons (Fsp3) is 0.385. The number of nitrogens with one attached hydrogen (secondary N) is 1. The fourth-order valence-corrected chi connectivity index (χ4v) is 1.56. The number of hydrogen-bond acceptors (Lipinski definition) is 1. The van der Waals surface area contributed by atoms with E-state index in [4.69, 9.17) is 0 Å². The lowest BCUT2D eigenvalue weighted by Gasteiger charge is -2.17. The molecule has 0 aliphatic rings. The van der Waals surface area contributed by atoms with E-state index in [1.54, 1.807) is 6.07 Å². The van der Waals surface area contributed by atoms with E-state index in [0.717, 1.165) is 24.9 Å². The maximum atomic E-state index is 13.5. The summed E-state index contributed by atoms with van der Waals surface area (Å²) < 4.78 is 13.5. The Morgan fingerprint density at radius 2 is 2.20 bits per heavy atom. The van der Waals surface area contributed by atoms with Crippen molar-refractivity contribution in [3.8, 4) is 0 Å². The van der Waals surface area contributed by atoms with Gasteiger partial charge in [-0.3, -0.25) is 0 Å². The number of rotatable bonds is 6. The monoisotopic (exact) mass is 207 g/mol. The molecule has 1 nitrogen and oxygen atoms in total. The third kappa shape index (κ3) is 3.48. The van der Waals surface area contributed by atoms with Crippen molar-refractivity contribution in [3.63, 3.8) is 0 Å². The molecule has 0 spiro atoms. The van der Waals surface area contributed by atoms with Crippen molar-refractivity contribution in [2.75, 3.05) is 6.54 Å². The van der Waals surface area contributed by atoms with Crippen molar-refractivity contribution >= 4 is 0 Å². The molecule has 0 saturated heterocycles. The van der Waals surface area contributed by atoms with E-state index in [9.17, 15) is 4.39 Å². The molecule has 0 aliphatic carbocycles. The second-order valence-corrected chi connectivity index (χ2v) is 3.55. The van der Waals surface area contributed by atoms with Crippen LogP contribution in [0.2, 0.25) is 0 Å². The number of hydrogen-bond donors (Lipinski definition) is 1. The molecule has 1 aromatic rings. The van der Waals surface area contributed by atoms with Crippen LogP contribution in [0, 0.1) is 5.82 Å². The van der Waals surface area contributed by atoms with E-state index in [1.165, 1.54) is 6.07 Å². The van der Waals surface area contributed by atoms with Gasteiger partial charge in [0.25, 0.3) is 0 Å². The van der Waals surface area contributed by atoms with Crippen LogP contribution < -0.4 is 5.32 Å². The molecule has 0 saturated carbocycles. The molecule has 0 bridgehead atoms. The highest BCUT2D eigenvalue weighted by atomic mass is 19.1. The number of halogens is 1. The molecule has 0 heterocycles. The van der Waals surface area contributed by atoms with Gasteiger partial charge in [0.05, 0.1) is 0 Å². The lowest BCUT2D eigenvalue weighted by molar-refractivity contribution is 0.503. The second-order valence-electron chi connectivity index (χ2n) is 3.55. The Morgan fingerprint density at radius 3 is 2.80 bits per heavy atom. The standard InChI is InChI=1S/C13H18FN/c1-3-7-13(15-10-4-2)11-8-5-6-9-12(11)14/h3,5-6,8-9,13,15H,1,4,7,10H2,2H3. The van der Waals surface area contributed by atoms with Crippen LogP contribution in [0.5, 0.6) is 0 Å². The van der Waals surface area contributed by atoms with E-state index in [2.05, 4.69) is 18.8 Å². The van der Waals surface area contributed by atoms with Gasteiger partial charge < -0.3 is 5.32 Å². The maximum absolute atomic E-state index is 13.5. The normalized spacial score (nSPS) is 12.4. The molecule has 15 heavy (non-hydrogen) atoms. The van der Waals surface area contributed by atoms with Crippen molar-refractivity contribution in [1.29, 1.82) is 0 Å². The predicted molar refractivity (Wildman–Crippen MR) is 62.2 cm³/mol. The highest BCUT2D eigenvalue weighted by Gasteiger charge is 2.12. The van der Waals surface area contributed by atoms with Crippen LogP contribution in [0.1, 0.15) is 31.4 Å². The molecule has 0 fully saturated rings. The van der Waals surface area contributed by atoms with E-state index < -0.39 is 0 Å². The van der Waals surface area contributed by atoms with Crippen LogP contribution in [0.25, 0.3) is 0 Å². The van der Waals surface area contributed by atoms with Crippen LogP contribution in [0.15, 0.2) is 36.9 Å². The smallest absolute Gasteiger partial charge is 0.127 e. The Hall–Kier alpha value is -1.15. The minimum absolute atomic E-state index is 0.0450. The zero-order chi connectivity index (χ0) is 11.1. The van der Waals surface area contributed by atoms with Crippen LogP contribution in [0.3, 0.4) is 0 Å². The molecule has 1 atom stereocenters. The topological polar surface area (TPSA) is 12.0 Å². The van der Waals surface area contributed by atoms with Crippen molar-refractivity contribution in [1.82, 2.24) is 5.32 Å². The Labute approximate surface area is 91.0 Å². The summed E-state index contributed by atoms with van der Waals surface area (Å²) in [5.74, 6) is -0.145. The Bertz CT molecular complexity index is 309. The molecule has 0 aliphatic heterocycles. The summed E-state index contributed by atoms with van der Waals surface area (Å²) >= 11 is 0. The summed E-state index contributed by atoms with van der Waals surface area (Å²) in [5, 5.41) is 3.32. The summed E-state index contributed by atoms with van der Waals surface area (Å²) in [6.07, 6.45) is 3.61. The van der Waals surface area contributed by atoms with E-state index in [0.29, 0.717) is 0 Å². The Balaban J connectivity index is 2.78. The first-order valence-corrected chi connectivity index (χ1v) is 5.38. The molecule has 1 N–H and O–H groups in total. The van der Waals surface area contributed by atoms with E-state index >= 15 is 0 Å². The SMILES string of the molecule is C=CCC(NCCC)c1ccccc1F. The van der Waals surface area contributed by atoms with Gasteiger partial charge in [0.2, 0.25) is 0 Å². The highest BCUT2D eigenvalue weighted by Crippen LogP contribution is 2.20. The third-order valence-electron chi connectivity index (χ3n) is 2.32. The molecular formula is C13H18FN. The molecule has 82 valence electrons. The molecule has 1 aromatic carbocycles. The minimum Gasteiger partial charge on any atom is -0.310 e. The second kappa shape index (κ2) is 6.36. The van der Waals surface area contributed by atoms with E-state index in [-0.39, 0.29) is 11.9 Å². The van der Waals surface area contributed by atoms with Gasteiger partial charge >= 0.3 is 0 Å². The lowest BCUT2D eigenvalue weighted by atomic mass is 10.0. The van der Waals surface area contributed by atoms with Gasteiger partial charge in [-0.15, -0.1) is 6.58 Å². The van der Waals surface area contributed by atoms with Crippen molar-refractivity contribution in [2.45, 2.75) is 25.8 Å². The first-order chi connectivity index (χ1) is 7.29. The fourth-order valence-electron chi connectivity index (χ4n) is 1.56. The van der Waals surface area contributed by atoms with Gasteiger partial charge in [0.15, 0.2) is 0 Å². The largest absolute Gasteiger partial charge is 0.310 e.